The van der Waals surface area contributed by atoms with Crippen LogP contribution in [-0.2, 0) is 7.05 Å². The molecule has 0 bridgehead atoms. The zero-order valence-electron chi connectivity index (χ0n) is 20.5. The summed E-state index contributed by atoms with van der Waals surface area (Å²) in [7, 11) is 2.04. The largest absolute Gasteiger partial charge is 0.444 e. The molecule has 39 heavy (non-hydrogen) atoms. The fourth-order valence-corrected chi connectivity index (χ4v) is 7.68. The van der Waals surface area contributed by atoms with E-state index < -0.39 is 0 Å². The molecule has 8 aromatic rings. The number of para-hydroxylation sites is 2. The van der Waals surface area contributed by atoms with Gasteiger partial charge < -0.3 is 4.74 Å². The standard InChI is InChI=1S/C30H16N7O2/c1-33-28-20(13-31-14-32-28)36-29(33)19-7-3-9-21-25(19)37(36)26-22(39-21)11-10-18-24(26)35-23-15(5-2-6-17(23)27(18)38)16-8-4-12-34(37)30(16)35/h2-14H,1H3/q+3. The number of pyridine rings is 2. The Morgan fingerprint density at radius 2 is 1.69 bits per heavy atom. The Kier molecular flexibility index (Phi) is 2.67. The predicted molar refractivity (Wildman–Crippen MR) is 144 cm³/mol. The van der Waals surface area contributed by atoms with E-state index in [2.05, 4.69) is 58.8 Å². The summed E-state index contributed by atoms with van der Waals surface area (Å²) in [5.74, 6) is 2.50. The first kappa shape index (κ1) is 18.8. The lowest BCUT2D eigenvalue weighted by molar-refractivity contribution is -1.01. The zero-order chi connectivity index (χ0) is 25.4. The van der Waals surface area contributed by atoms with Crippen LogP contribution in [0.3, 0.4) is 0 Å². The molecular weight excluding hydrogens is 490 g/mol. The van der Waals surface area contributed by atoms with Crippen LogP contribution in [0.2, 0.25) is 0 Å². The number of nitrogens with zero attached hydrogens (tertiary/aromatic N) is 7. The highest BCUT2D eigenvalue weighted by Gasteiger charge is 2.69. The third kappa shape index (κ3) is 1.63. The van der Waals surface area contributed by atoms with E-state index in [1.165, 1.54) is 0 Å². The van der Waals surface area contributed by atoms with Gasteiger partial charge in [-0.05, 0) is 53.2 Å². The molecule has 0 saturated carbocycles. The van der Waals surface area contributed by atoms with E-state index in [-0.39, 0.29) is 10.1 Å². The summed E-state index contributed by atoms with van der Waals surface area (Å²) in [6, 6.07) is 20.4. The van der Waals surface area contributed by atoms with Crippen molar-refractivity contribution < 1.29 is 14.1 Å². The highest BCUT2D eigenvalue weighted by atomic mass is 16.5. The first-order chi connectivity index (χ1) is 19.2. The van der Waals surface area contributed by atoms with E-state index in [4.69, 9.17) is 4.74 Å². The number of aromatic nitrogens is 6. The summed E-state index contributed by atoms with van der Waals surface area (Å²) in [4.78, 5) is 23.2. The Balaban J connectivity index is 1.56. The predicted octanol–water partition coefficient (Wildman–Crippen LogP) is 4.02. The number of fused-ring (bicyclic) bond motifs is 5. The van der Waals surface area contributed by atoms with Crippen LogP contribution in [0.25, 0.3) is 60.8 Å². The van der Waals surface area contributed by atoms with Crippen molar-refractivity contribution in [1.82, 2.24) is 23.6 Å². The van der Waals surface area contributed by atoms with Crippen LogP contribution in [0.1, 0.15) is 0 Å². The van der Waals surface area contributed by atoms with Crippen molar-refractivity contribution >= 4 is 60.8 Å². The van der Waals surface area contributed by atoms with Crippen LogP contribution >= 0.6 is 0 Å². The molecular formula is C30H16N7O2+3. The van der Waals surface area contributed by atoms with Gasteiger partial charge in [-0.2, -0.15) is 9.38 Å². The average molecular weight is 507 g/mol. The lowest BCUT2D eigenvalue weighted by atomic mass is 10.0. The van der Waals surface area contributed by atoms with Crippen molar-refractivity contribution in [2.45, 2.75) is 0 Å². The smallest absolute Gasteiger partial charge is 0.353 e. The van der Waals surface area contributed by atoms with Gasteiger partial charge in [-0.25, -0.2) is 9.55 Å². The van der Waals surface area contributed by atoms with Crippen molar-refractivity contribution in [2.24, 2.45) is 7.05 Å². The summed E-state index contributed by atoms with van der Waals surface area (Å²) in [6.45, 7) is 0. The minimum atomic E-state index is 0.0325. The molecule has 1 unspecified atom stereocenters. The number of ether oxygens (including phenoxy) is 1. The number of hydrogen-bond donors (Lipinski definition) is 0. The van der Waals surface area contributed by atoms with E-state index >= 15 is 0 Å². The molecule has 5 aromatic heterocycles. The maximum atomic E-state index is 14.1. The van der Waals surface area contributed by atoms with Gasteiger partial charge in [-0.1, -0.05) is 12.1 Å². The second-order valence-electron chi connectivity index (χ2n) is 10.5. The van der Waals surface area contributed by atoms with Gasteiger partial charge >= 0.3 is 17.2 Å². The molecule has 0 fully saturated rings. The maximum Gasteiger partial charge on any atom is 0.353 e. The molecule has 3 aliphatic heterocycles. The highest BCUT2D eigenvalue weighted by Crippen LogP contribution is 2.59. The van der Waals surface area contributed by atoms with Crippen LogP contribution < -0.4 is 24.2 Å². The Labute approximate surface area is 218 Å². The third-order valence-electron chi connectivity index (χ3n) is 8.96. The molecule has 0 aliphatic carbocycles. The third-order valence-corrected chi connectivity index (χ3v) is 8.96. The monoisotopic (exact) mass is 506 g/mol. The summed E-state index contributed by atoms with van der Waals surface area (Å²) in [5.41, 5.74) is 7.55. The van der Waals surface area contributed by atoms with Crippen molar-refractivity contribution in [2.75, 3.05) is 0 Å². The summed E-state index contributed by atoms with van der Waals surface area (Å²) in [6.07, 6.45) is 5.60. The van der Waals surface area contributed by atoms with Gasteiger partial charge in [0.05, 0.1) is 34.1 Å². The minimum Gasteiger partial charge on any atom is -0.444 e. The molecule has 1 spiro atoms. The molecule has 0 saturated heterocycles. The van der Waals surface area contributed by atoms with E-state index in [1.54, 1.807) is 6.33 Å². The van der Waals surface area contributed by atoms with Gasteiger partial charge in [0, 0.05) is 10.1 Å². The molecule has 0 N–H and O–H groups in total. The van der Waals surface area contributed by atoms with Crippen LogP contribution in [0, 0.1) is 0 Å². The molecule has 1 atom stereocenters. The first-order valence-corrected chi connectivity index (χ1v) is 12.8. The van der Waals surface area contributed by atoms with E-state index in [0.29, 0.717) is 5.39 Å². The Morgan fingerprint density at radius 3 is 2.64 bits per heavy atom. The van der Waals surface area contributed by atoms with Gasteiger partial charge in [0.1, 0.15) is 11.9 Å². The second-order valence-corrected chi connectivity index (χ2v) is 10.5. The number of imidazole rings is 1. The molecule has 0 radical (unpaired) electrons. The van der Waals surface area contributed by atoms with Gasteiger partial charge in [0.2, 0.25) is 16.7 Å². The number of hydrogen-bond acceptors (Lipinski definition) is 4. The highest BCUT2D eigenvalue weighted by molar-refractivity contribution is 6.17. The van der Waals surface area contributed by atoms with Crippen LogP contribution in [0.15, 0.2) is 84.2 Å². The summed E-state index contributed by atoms with van der Waals surface area (Å²) in [5, 5.41) is 3.55. The van der Waals surface area contributed by atoms with Crippen LogP contribution in [0.4, 0.5) is 11.4 Å². The molecule has 0 amide bonds. The molecule has 11 rings (SSSR count). The van der Waals surface area contributed by atoms with E-state index in [1.807, 2.05) is 49.6 Å². The topological polar surface area (TPSA) is 69.2 Å². The fraction of sp³-hybridized carbons (Fsp3) is 0.0333. The van der Waals surface area contributed by atoms with Gasteiger partial charge in [-0.3, -0.25) is 4.79 Å². The molecule has 9 nitrogen and oxygen atoms in total. The van der Waals surface area contributed by atoms with Crippen molar-refractivity contribution in [1.29, 1.82) is 0 Å². The second kappa shape index (κ2) is 5.54. The quantitative estimate of drug-likeness (QED) is 0.177. The zero-order valence-corrected chi connectivity index (χ0v) is 20.5. The van der Waals surface area contributed by atoms with Crippen LogP contribution in [0.5, 0.6) is 11.5 Å². The first-order valence-electron chi connectivity index (χ1n) is 12.8. The van der Waals surface area contributed by atoms with Crippen molar-refractivity contribution in [3.63, 3.8) is 0 Å². The normalized spacial score (nSPS) is 17.8. The van der Waals surface area contributed by atoms with Gasteiger partial charge in [0.15, 0.2) is 17.5 Å². The summed E-state index contributed by atoms with van der Waals surface area (Å²) < 4.78 is 15.9. The average Bonchev–Trinajstić information content (AvgIpc) is 3.58. The SMILES string of the molecule is Cn1c2[n+](c3cncnc31)[N+]13c4c(cccc4-2)Oc2ccc4c(=O)c5cccc6c7ccc[n+]1c7n(c4c23)c56. The van der Waals surface area contributed by atoms with Crippen molar-refractivity contribution in [3.8, 4) is 22.9 Å². The number of rotatable bonds is 0. The molecule has 9 heteroatoms. The van der Waals surface area contributed by atoms with Gasteiger partial charge in [-0.15, -0.1) is 0 Å². The van der Waals surface area contributed by atoms with Gasteiger partial charge in [0.25, 0.3) is 16.9 Å². The summed E-state index contributed by atoms with van der Waals surface area (Å²) >= 11 is 0. The van der Waals surface area contributed by atoms with Crippen LogP contribution in [-0.4, -0.2) is 18.9 Å². The molecule has 8 heterocycles. The van der Waals surface area contributed by atoms with Crippen molar-refractivity contribution in [3.05, 3.63) is 89.6 Å². The number of quaternary nitrogens is 1. The lowest BCUT2D eigenvalue weighted by Gasteiger charge is -2.32. The molecule has 3 aliphatic rings. The molecule has 3 aromatic carbocycles. The Bertz CT molecular complexity index is 2580. The Hall–Kier alpha value is -5.41. The number of benzene rings is 3. The minimum absolute atomic E-state index is 0.0325. The fourth-order valence-electron chi connectivity index (χ4n) is 7.68. The lowest BCUT2D eigenvalue weighted by Crippen LogP contribution is -2.83. The number of aryl methyl sites for hydroxylation is 1. The van der Waals surface area contributed by atoms with E-state index in [9.17, 15) is 4.79 Å². The Morgan fingerprint density at radius 1 is 0.872 bits per heavy atom. The molecule has 180 valence electrons. The maximum absolute atomic E-state index is 14.1. The van der Waals surface area contributed by atoms with E-state index in [0.717, 1.165) is 78.3 Å².